The summed E-state index contributed by atoms with van der Waals surface area (Å²) in [7, 11) is 0. The zero-order valence-corrected chi connectivity index (χ0v) is 11.1. The van der Waals surface area contributed by atoms with Crippen molar-refractivity contribution in [2.75, 3.05) is 19.8 Å². The van der Waals surface area contributed by atoms with Crippen molar-refractivity contribution < 1.29 is 4.74 Å². The van der Waals surface area contributed by atoms with E-state index in [0.717, 1.165) is 25.7 Å². The summed E-state index contributed by atoms with van der Waals surface area (Å²) in [6.07, 6.45) is 6.75. The van der Waals surface area contributed by atoms with E-state index in [0.29, 0.717) is 6.04 Å². The van der Waals surface area contributed by atoms with Crippen molar-refractivity contribution in [3.8, 4) is 0 Å². The van der Waals surface area contributed by atoms with E-state index in [-0.39, 0.29) is 0 Å². The molecule has 1 aromatic rings. The first-order valence-corrected chi connectivity index (χ1v) is 6.89. The zero-order valence-electron chi connectivity index (χ0n) is 11.1. The highest BCUT2D eigenvalue weighted by molar-refractivity contribution is 5.48. The smallest absolute Gasteiger partial charge is 0.0469 e. The van der Waals surface area contributed by atoms with Crippen molar-refractivity contribution >= 4 is 6.08 Å². The Kier molecular flexibility index (Phi) is 5.43. The fourth-order valence-corrected chi connectivity index (χ4v) is 2.40. The first-order chi connectivity index (χ1) is 8.86. The van der Waals surface area contributed by atoms with Crippen molar-refractivity contribution in [3.63, 3.8) is 0 Å². The molecule has 0 aromatic heterocycles. The van der Waals surface area contributed by atoms with Crippen molar-refractivity contribution in [1.29, 1.82) is 0 Å². The van der Waals surface area contributed by atoms with E-state index in [1.54, 1.807) is 0 Å². The number of nitrogens with one attached hydrogen (secondary N) is 1. The Morgan fingerprint density at radius 3 is 2.72 bits per heavy atom. The molecule has 0 spiro atoms. The Labute approximate surface area is 110 Å². The normalized spacial score (nSPS) is 19.2. The predicted octanol–water partition coefficient (Wildman–Crippen LogP) is 3.10. The van der Waals surface area contributed by atoms with Crippen LogP contribution in [0, 0.1) is 5.92 Å². The molecule has 1 saturated heterocycles. The topological polar surface area (TPSA) is 21.3 Å². The average molecular weight is 245 g/mol. The van der Waals surface area contributed by atoms with Crippen LogP contribution in [0.1, 0.15) is 25.3 Å². The van der Waals surface area contributed by atoms with Crippen LogP contribution in [-0.2, 0) is 4.74 Å². The molecule has 0 bridgehead atoms. The van der Waals surface area contributed by atoms with Crippen LogP contribution in [-0.4, -0.2) is 25.8 Å². The molecule has 0 amide bonds. The van der Waals surface area contributed by atoms with Gasteiger partial charge in [0.15, 0.2) is 0 Å². The van der Waals surface area contributed by atoms with E-state index in [1.165, 1.54) is 18.4 Å². The summed E-state index contributed by atoms with van der Waals surface area (Å²) in [5, 5.41) is 3.58. The van der Waals surface area contributed by atoms with Gasteiger partial charge in [-0.3, -0.25) is 0 Å². The fraction of sp³-hybridized carbons (Fsp3) is 0.500. The lowest BCUT2D eigenvalue weighted by Crippen LogP contribution is -2.36. The van der Waals surface area contributed by atoms with Crippen LogP contribution in [0.25, 0.3) is 6.08 Å². The van der Waals surface area contributed by atoms with E-state index < -0.39 is 0 Å². The molecule has 2 heteroatoms. The monoisotopic (exact) mass is 245 g/mol. The third-order valence-electron chi connectivity index (χ3n) is 3.64. The van der Waals surface area contributed by atoms with Gasteiger partial charge in [-0.2, -0.15) is 0 Å². The van der Waals surface area contributed by atoms with Crippen LogP contribution in [0.15, 0.2) is 36.4 Å². The van der Waals surface area contributed by atoms with E-state index in [2.05, 4.69) is 48.7 Å². The second kappa shape index (κ2) is 7.34. The molecule has 1 aliphatic heterocycles. The molecule has 1 aliphatic rings. The Morgan fingerprint density at radius 2 is 2.00 bits per heavy atom. The van der Waals surface area contributed by atoms with Crippen LogP contribution in [0.4, 0.5) is 0 Å². The molecule has 1 heterocycles. The molecule has 0 saturated carbocycles. The summed E-state index contributed by atoms with van der Waals surface area (Å²) in [4.78, 5) is 0. The summed E-state index contributed by atoms with van der Waals surface area (Å²) in [5.74, 6) is 0.767. The Morgan fingerprint density at radius 1 is 1.28 bits per heavy atom. The molecule has 1 atom stereocenters. The highest BCUT2D eigenvalue weighted by atomic mass is 16.5. The summed E-state index contributed by atoms with van der Waals surface area (Å²) in [6, 6.07) is 11.0. The molecule has 2 nitrogen and oxygen atoms in total. The second-order valence-corrected chi connectivity index (χ2v) is 4.96. The number of ether oxygens (including phenoxy) is 1. The Hall–Kier alpha value is -1.12. The summed E-state index contributed by atoms with van der Waals surface area (Å²) < 4.78 is 5.39. The van der Waals surface area contributed by atoms with Gasteiger partial charge in [-0.15, -0.1) is 0 Å². The molecular formula is C16H23NO. The summed E-state index contributed by atoms with van der Waals surface area (Å²) >= 11 is 0. The first-order valence-electron chi connectivity index (χ1n) is 6.89. The van der Waals surface area contributed by atoms with Gasteiger partial charge in [-0.25, -0.2) is 0 Å². The molecule has 2 rings (SSSR count). The highest BCUT2D eigenvalue weighted by Crippen LogP contribution is 2.18. The zero-order chi connectivity index (χ0) is 12.6. The van der Waals surface area contributed by atoms with E-state index in [4.69, 9.17) is 4.74 Å². The number of hydrogen-bond donors (Lipinski definition) is 1. The van der Waals surface area contributed by atoms with E-state index in [1.807, 2.05) is 6.07 Å². The van der Waals surface area contributed by atoms with Crippen molar-refractivity contribution in [1.82, 2.24) is 5.32 Å². The largest absolute Gasteiger partial charge is 0.381 e. The van der Waals surface area contributed by atoms with Crippen LogP contribution >= 0.6 is 0 Å². The van der Waals surface area contributed by atoms with Gasteiger partial charge in [0.1, 0.15) is 0 Å². The van der Waals surface area contributed by atoms with Crippen LogP contribution in [0.2, 0.25) is 0 Å². The average Bonchev–Trinajstić information content (AvgIpc) is 2.45. The first kappa shape index (κ1) is 13.3. The van der Waals surface area contributed by atoms with Crippen molar-refractivity contribution in [2.24, 2.45) is 5.92 Å². The molecule has 1 unspecified atom stereocenters. The van der Waals surface area contributed by atoms with Crippen LogP contribution in [0.3, 0.4) is 0 Å². The Bertz CT molecular complexity index is 355. The molecule has 0 radical (unpaired) electrons. The lowest BCUT2D eigenvalue weighted by molar-refractivity contribution is 0.0564. The van der Waals surface area contributed by atoms with Gasteiger partial charge in [0.2, 0.25) is 0 Å². The van der Waals surface area contributed by atoms with Gasteiger partial charge >= 0.3 is 0 Å². The van der Waals surface area contributed by atoms with Gasteiger partial charge in [-0.1, -0.05) is 42.5 Å². The molecule has 0 aliphatic carbocycles. The summed E-state index contributed by atoms with van der Waals surface area (Å²) in [5.41, 5.74) is 1.26. The Balaban J connectivity index is 1.69. The van der Waals surface area contributed by atoms with Gasteiger partial charge < -0.3 is 10.1 Å². The SMILES string of the molecule is CC(NC/C=C/c1ccccc1)C1CCOCC1. The molecule has 1 fully saturated rings. The molecule has 1 N–H and O–H groups in total. The van der Waals surface area contributed by atoms with E-state index >= 15 is 0 Å². The maximum atomic E-state index is 5.39. The standard InChI is InChI=1S/C16H23NO/c1-14(16-9-12-18-13-10-16)17-11-5-8-15-6-3-2-4-7-15/h2-8,14,16-17H,9-13H2,1H3/b8-5+. The fourth-order valence-electron chi connectivity index (χ4n) is 2.40. The summed E-state index contributed by atoms with van der Waals surface area (Å²) in [6.45, 7) is 5.08. The van der Waals surface area contributed by atoms with Gasteiger partial charge in [0.25, 0.3) is 0 Å². The van der Waals surface area contributed by atoms with E-state index in [9.17, 15) is 0 Å². The minimum atomic E-state index is 0.578. The quantitative estimate of drug-likeness (QED) is 0.860. The van der Waals surface area contributed by atoms with Gasteiger partial charge in [0.05, 0.1) is 0 Å². The van der Waals surface area contributed by atoms with Crippen molar-refractivity contribution in [2.45, 2.75) is 25.8 Å². The lowest BCUT2D eigenvalue weighted by atomic mass is 9.93. The molecule has 1 aromatic carbocycles. The van der Waals surface area contributed by atoms with Gasteiger partial charge in [-0.05, 0) is 31.2 Å². The minimum absolute atomic E-state index is 0.578. The van der Waals surface area contributed by atoms with Crippen LogP contribution < -0.4 is 5.32 Å². The number of benzene rings is 1. The molecular weight excluding hydrogens is 222 g/mol. The minimum Gasteiger partial charge on any atom is -0.381 e. The third-order valence-corrected chi connectivity index (χ3v) is 3.64. The van der Waals surface area contributed by atoms with Gasteiger partial charge in [0, 0.05) is 25.8 Å². The maximum absolute atomic E-state index is 5.39. The van der Waals surface area contributed by atoms with Crippen molar-refractivity contribution in [3.05, 3.63) is 42.0 Å². The molecule has 98 valence electrons. The number of hydrogen-bond acceptors (Lipinski definition) is 2. The molecule has 18 heavy (non-hydrogen) atoms. The van der Waals surface area contributed by atoms with Crippen LogP contribution in [0.5, 0.6) is 0 Å². The number of rotatable bonds is 5. The maximum Gasteiger partial charge on any atom is 0.0469 e. The highest BCUT2D eigenvalue weighted by Gasteiger charge is 2.19. The predicted molar refractivity (Wildman–Crippen MR) is 76.5 cm³/mol. The third kappa shape index (κ3) is 4.28. The second-order valence-electron chi connectivity index (χ2n) is 4.96. The lowest BCUT2D eigenvalue weighted by Gasteiger charge is -2.28.